The lowest BCUT2D eigenvalue weighted by Crippen LogP contribution is -2.59. The average Bonchev–Trinajstić information content (AvgIpc) is 3.23. The number of hydrogen-bond acceptors (Lipinski definition) is 8. The van der Waals surface area contributed by atoms with Gasteiger partial charge in [-0.3, -0.25) is 14.8 Å². The minimum Gasteiger partial charge on any atom is -0.488 e. The third kappa shape index (κ3) is 8.43. The summed E-state index contributed by atoms with van der Waals surface area (Å²) >= 11 is 0. The van der Waals surface area contributed by atoms with Crippen LogP contribution in [0.15, 0.2) is 96.2 Å². The maximum absolute atomic E-state index is 14.8. The van der Waals surface area contributed by atoms with Crippen molar-refractivity contribution in [1.29, 1.82) is 0 Å². The first-order chi connectivity index (χ1) is 27.9. The Morgan fingerprint density at radius 1 is 0.741 bits per heavy atom. The van der Waals surface area contributed by atoms with Crippen LogP contribution in [-0.2, 0) is 39.3 Å². The number of amides is 1. The van der Waals surface area contributed by atoms with Crippen molar-refractivity contribution in [3.05, 3.63) is 148 Å². The van der Waals surface area contributed by atoms with Crippen LogP contribution in [0.5, 0.6) is 5.75 Å². The van der Waals surface area contributed by atoms with Gasteiger partial charge in [0.15, 0.2) is 28.2 Å². The van der Waals surface area contributed by atoms with E-state index in [2.05, 4.69) is 9.97 Å². The van der Waals surface area contributed by atoms with E-state index >= 15 is 0 Å². The molecule has 10 nitrogen and oxygen atoms in total. The highest BCUT2D eigenvalue weighted by Crippen LogP contribution is 2.37. The number of nitrogens with zero attached hydrogens (tertiary/aromatic N) is 4. The lowest BCUT2D eigenvalue weighted by Gasteiger charge is -2.41. The Kier molecular flexibility index (Phi) is 12.1. The predicted octanol–water partition coefficient (Wildman–Crippen LogP) is 8.15. The van der Waals surface area contributed by atoms with Gasteiger partial charge in [0, 0.05) is 30.4 Å². The smallest absolute Gasteiger partial charge is 0.342 e. The number of rotatable bonds is 13. The molecule has 2 heterocycles. The molecule has 16 heteroatoms. The zero-order valence-corrected chi connectivity index (χ0v) is 31.7. The Labute approximate surface area is 331 Å². The number of halogens is 5. The molecule has 0 radical (unpaired) electrons. The standard InChI is InChI=1S/C42H37F5N4O6S/c43-35-36(44)38(46)40(39(47)37(35)45)58(54,55)51-19-18-33(51)41(52)50(23-29-21-49-32(22-48-29)28-14-8-3-9-15-28)30-16-17-31(42(53)57-25-27-12-6-2-7-13-27)34(20-30)56-24-26-10-4-1-5-11-26/h1-2,4-7,10-13,16-17,20-22,28,33H,3,8-9,14-15,18-19,23-25H2/t33-/m1/s1. The molecule has 0 unspecified atom stereocenters. The van der Waals surface area contributed by atoms with Crippen LogP contribution in [-0.4, -0.2) is 47.2 Å². The molecule has 0 bridgehead atoms. The molecule has 58 heavy (non-hydrogen) atoms. The first kappa shape index (κ1) is 40.5. The van der Waals surface area contributed by atoms with Crippen molar-refractivity contribution in [2.24, 2.45) is 0 Å². The lowest BCUT2D eigenvalue weighted by atomic mass is 9.87. The maximum atomic E-state index is 14.8. The number of esters is 1. The Balaban J connectivity index is 1.24. The van der Waals surface area contributed by atoms with E-state index in [1.165, 1.54) is 24.4 Å². The number of hydrogen-bond donors (Lipinski definition) is 0. The van der Waals surface area contributed by atoms with Gasteiger partial charge in [0.25, 0.3) is 0 Å². The molecule has 5 aromatic rings. The normalized spacial score (nSPS) is 16.1. The van der Waals surface area contributed by atoms with Gasteiger partial charge in [-0.2, -0.15) is 4.31 Å². The molecule has 2 aliphatic rings. The Morgan fingerprint density at radius 2 is 1.36 bits per heavy atom. The molecule has 1 amide bonds. The van der Waals surface area contributed by atoms with Gasteiger partial charge in [-0.1, -0.05) is 79.9 Å². The highest BCUT2D eigenvalue weighted by molar-refractivity contribution is 7.89. The summed E-state index contributed by atoms with van der Waals surface area (Å²) in [6.07, 6.45) is 8.14. The minimum atomic E-state index is -5.45. The van der Waals surface area contributed by atoms with Gasteiger partial charge in [0.2, 0.25) is 21.7 Å². The molecule has 1 aliphatic heterocycles. The molecule has 1 atom stereocenters. The molecule has 1 aromatic heterocycles. The second-order valence-corrected chi connectivity index (χ2v) is 15.9. The molecule has 4 aromatic carbocycles. The Bertz CT molecular complexity index is 2370. The summed E-state index contributed by atoms with van der Waals surface area (Å²) in [5.74, 6) is -13.9. The lowest BCUT2D eigenvalue weighted by molar-refractivity contribution is -0.125. The number of benzene rings is 4. The maximum Gasteiger partial charge on any atom is 0.342 e. The van der Waals surface area contributed by atoms with Gasteiger partial charge < -0.3 is 14.4 Å². The molecule has 0 spiro atoms. The number of carbonyl (C=O) groups excluding carboxylic acids is 2. The monoisotopic (exact) mass is 820 g/mol. The Morgan fingerprint density at radius 3 is 1.95 bits per heavy atom. The van der Waals surface area contributed by atoms with E-state index in [0.29, 0.717) is 10.00 Å². The summed E-state index contributed by atoms with van der Waals surface area (Å²) in [5, 5.41) is 0. The van der Waals surface area contributed by atoms with Crippen LogP contribution in [0.2, 0.25) is 0 Å². The number of anilines is 1. The number of carbonyl (C=O) groups is 2. The van der Waals surface area contributed by atoms with E-state index in [0.717, 1.165) is 53.8 Å². The van der Waals surface area contributed by atoms with Crippen LogP contribution in [0.3, 0.4) is 0 Å². The zero-order valence-electron chi connectivity index (χ0n) is 30.9. The third-order valence-electron chi connectivity index (χ3n) is 10.3. The van der Waals surface area contributed by atoms with Crippen LogP contribution in [0, 0.1) is 29.1 Å². The van der Waals surface area contributed by atoms with Crippen LogP contribution in [0.4, 0.5) is 27.6 Å². The molecule has 302 valence electrons. The molecule has 0 N–H and O–H groups in total. The fraction of sp³-hybridized carbons (Fsp3) is 0.286. The largest absolute Gasteiger partial charge is 0.488 e. The molecule has 2 fully saturated rings. The summed E-state index contributed by atoms with van der Waals surface area (Å²) in [6.45, 7) is -0.796. The van der Waals surface area contributed by atoms with Crippen molar-refractivity contribution < 1.29 is 49.4 Å². The summed E-state index contributed by atoms with van der Waals surface area (Å²) in [7, 11) is -5.45. The first-order valence-corrected chi connectivity index (χ1v) is 20.0. The highest BCUT2D eigenvalue weighted by Gasteiger charge is 2.48. The van der Waals surface area contributed by atoms with Crippen molar-refractivity contribution in [3.8, 4) is 5.75 Å². The molecular formula is C42H37F5N4O6S. The number of ether oxygens (including phenoxy) is 2. The fourth-order valence-corrected chi connectivity index (χ4v) is 8.77. The SMILES string of the molecule is O=C(OCc1ccccc1)c1ccc(N(Cc2cnc(C3CCCCC3)cn2)C(=O)[C@H]2CCN2S(=O)(=O)c2c(F)c(F)c(F)c(F)c2F)cc1OCc1ccccc1. The topological polar surface area (TPSA) is 119 Å². The number of aromatic nitrogens is 2. The van der Waals surface area contributed by atoms with E-state index in [9.17, 15) is 40.0 Å². The third-order valence-corrected chi connectivity index (χ3v) is 12.2. The predicted molar refractivity (Wildman–Crippen MR) is 200 cm³/mol. The van der Waals surface area contributed by atoms with E-state index < -0.39 is 68.5 Å². The van der Waals surface area contributed by atoms with Crippen molar-refractivity contribution in [2.45, 2.75) is 75.1 Å². The second-order valence-electron chi connectivity index (χ2n) is 14.0. The molecule has 1 saturated carbocycles. The van der Waals surface area contributed by atoms with Crippen molar-refractivity contribution in [1.82, 2.24) is 14.3 Å². The first-order valence-electron chi connectivity index (χ1n) is 18.6. The molecule has 1 aliphatic carbocycles. The van der Waals surface area contributed by atoms with Crippen molar-refractivity contribution >= 4 is 27.6 Å². The average molecular weight is 821 g/mol. The van der Waals surface area contributed by atoms with Gasteiger partial charge in [-0.25, -0.2) is 35.2 Å². The van der Waals surface area contributed by atoms with Gasteiger partial charge in [0.1, 0.15) is 30.6 Å². The number of sulfonamides is 1. The summed E-state index contributed by atoms with van der Waals surface area (Å²) in [5.41, 5.74) is 2.68. The van der Waals surface area contributed by atoms with Crippen LogP contribution in [0.1, 0.15) is 77.3 Å². The van der Waals surface area contributed by atoms with Crippen molar-refractivity contribution in [3.63, 3.8) is 0 Å². The molecule has 7 rings (SSSR count). The summed E-state index contributed by atoms with van der Waals surface area (Å²) < 4.78 is 111. The quantitative estimate of drug-likeness (QED) is 0.0506. The van der Waals surface area contributed by atoms with Gasteiger partial charge >= 0.3 is 5.97 Å². The van der Waals surface area contributed by atoms with Crippen molar-refractivity contribution in [2.75, 3.05) is 11.4 Å². The van der Waals surface area contributed by atoms with Crippen LogP contribution in [0.25, 0.3) is 0 Å². The van der Waals surface area contributed by atoms with E-state index in [1.807, 2.05) is 12.1 Å². The highest BCUT2D eigenvalue weighted by atomic mass is 32.2. The summed E-state index contributed by atoms with van der Waals surface area (Å²) in [4.78, 5) is 36.2. The second kappa shape index (κ2) is 17.4. The van der Waals surface area contributed by atoms with Gasteiger partial charge in [-0.05, 0) is 42.5 Å². The Hall–Kier alpha value is -5.74. The summed E-state index contributed by atoms with van der Waals surface area (Å²) in [6, 6.07) is 20.6. The minimum absolute atomic E-state index is 0.00186. The van der Waals surface area contributed by atoms with E-state index in [-0.39, 0.29) is 49.1 Å². The van der Waals surface area contributed by atoms with Gasteiger partial charge in [-0.15, -0.1) is 0 Å². The fourth-order valence-electron chi connectivity index (χ4n) is 7.02. The zero-order chi connectivity index (χ0) is 41.0. The molecular weight excluding hydrogens is 784 g/mol. The van der Waals surface area contributed by atoms with Gasteiger partial charge in [0.05, 0.1) is 24.1 Å². The van der Waals surface area contributed by atoms with E-state index in [1.54, 1.807) is 54.7 Å². The molecule has 1 saturated heterocycles. The van der Waals surface area contributed by atoms with E-state index in [4.69, 9.17) is 9.47 Å². The van der Waals surface area contributed by atoms with Crippen LogP contribution >= 0.6 is 0 Å². The van der Waals surface area contributed by atoms with Crippen LogP contribution < -0.4 is 9.64 Å².